The third-order valence-electron chi connectivity index (χ3n) is 6.79. The fourth-order valence-electron chi connectivity index (χ4n) is 4.15. The lowest BCUT2D eigenvalue weighted by Gasteiger charge is -2.30. The number of amides is 1. The fraction of sp³-hybridized carbons (Fsp3) is 0.552. The van der Waals surface area contributed by atoms with Gasteiger partial charge in [-0.25, -0.2) is 8.42 Å². The first kappa shape index (κ1) is 30.0. The molecule has 0 bridgehead atoms. The highest BCUT2D eigenvalue weighted by Gasteiger charge is 2.30. The molecule has 1 saturated heterocycles. The van der Waals surface area contributed by atoms with Crippen molar-refractivity contribution in [2.75, 3.05) is 33.2 Å². The van der Waals surface area contributed by atoms with Gasteiger partial charge in [-0.3, -0.25) is 4.79 Å². The summed E-state index contributed by atoms with van der Waals surface area (Å²) in [4.78, 5) is 17.2. The van der Waals surface area contributed by atoms with Crippen molar-refractivity contribution in [3.8, 4) is 11.1 Å². The second-order valence-electron chi connectivity index (χ2n) is 10.6. The van der Waals surface area contributed by atoms with E-state index in [4.69, 9.17) is 0 Å². The molecule has 1 aliphatic rings. The summed E-state index contributed by atoms with van der Waals surface area (Å²) in [5.74, 6) is 0.0145. The van der Waals surface area contributed by atoms with E-state index in [0.29, 0.717) is 12.1 Å². The summed E-state index contributed by atoms with van der Waals surface area (Å²) < 4.78 is 26.9. The van der Waals surface area contributed by atoms with Crippen LogP contribution in [0, 0.1) is 0 Å². The SMILES string of the molecule is CCN(C(=O)c1ccc(-c2ccc(S(=O)(=O)N(C)C(C)(C)C)cc2)cc1)C(C)C.CCN1CCCC1. The predicted octanol–water partition coefficient (Wildman–Crippen LogP) is 5.75. The highest BCUT2D eigenvalue weighted by molar-refractivity contribution is 7.89. The zero-order chi connectivity index (χ0) is 27.1. The summed E-state index contributed by atoms with van der Waals surface area (Å²) in [6.07, 6.45) is 2.85. The Hall–Kier alpha value is -2.22. The Bertz CT molecular complexity index is 1070. The van der Waals surface area contributed by atoms with E-state index in [-0.39, 0.29) is 16.8 Å². The average molecular weight is 516 g/mol. The standard InChI is InChI=1S/C23H32N2O3S.C6H13N/c1-8-25(17(2)3)22(26)20-11-9-18(10-12-20)19-13-15-21(16-14-19)29(27,28)24(7)23(4,5)6;1-2-7-5-3-4-6-7/h9-17H,8H2,1-7H3;2-6H2,1H3. The maximum atomic E-state index is 12.8. The van der Waals surface area contributed by atoms with Gasteiger partial charge in [0, 0.05) is 30.7 Å². The fourth-order valence-corrected chi connectivity index (χ4v) is 5.67. The Balaban J connectivity index is 0.000000558. The molecule has 0 spiro atoms. The number of likely N-dealkylation sites (tertiary alicyclic amines) is 1. The quantitative estimate of drug-likeness (QED) is 0.471. The van der Waals surface area contributed by atoms with E-state index < -0.39 is 15.6 Å². The molecular weight excluding hydrogens is 470 g/mol. The van der Waals surface area contributed by atoms with E-state index in [0.717, 1.165) is 11.1 Å². The van der Waals surface area contributed by atoms with E-state index in [1.54, 1.807) is 31.3 Å². The third-order valence-corrected chi connectivity index (χ3v) is 8.93. The van der Waals surface area contributed by atoms with E-state index in [9.17, 15) is 13.2 Å². The van der Waals surface area contributed by atoms with Gasteiger partial charge < -0.3 is 9.80 Å². The molecule has 0 N–H and O–H groups in total. The number of hydrogen-bond acceptors (Lipinski definition) is 4. The first-order valence-corrected chi connectivity index (χ1v) is 14.5. The van der Waals surface area contributed by atoms with Crippen molar-refractivity contribution >= 4 is 15.9 Å². The molecule has 0 aliphatic carbocycles. The summed E-state index contributed by atoms with van der Waals surface area (Å²) in [6.45, 7) is 18.4. The van der Waals surface area contributed by atoms with Gasteiger partial charge in [0.05, 0.1) is 4.90 Å². The zero-order valence-electron chi connectivity index (χ0n) is 23.4. The Morgan fingerprint density at radius 2 is 1.39 bits per heavy atom. The largest absolute Gasteiger partial charge is 0.337 e. The van der Waals surface area contributed by atoms with Crippen LogP contribution in [-0.4, -0.2) is 73.2 Å². The van der Waals surface area contributed by atoms with Crippen LogP contribution < -0.4 is 0 Å². The maximum Gasteiger partial charge on any atom is 0.254 e. The van der Waals surface area contributed by atoms with Crippen molar-refractivity contribution < 1.29 is 13.2 Å². The molecule has 36 heavy (non-hydrogen) atoms. The van der Waals surface area contributed by atoms with E-state index in [1.807, 2.05) is 70.7 Å². The van der Waals surface area contributed by atoms with Crippen molar-refractivity contribution in [3.63, 3.8) is 0 Å². The average Bonchev–Trinajstić information content (AvgIpc) is 3.38. The van der Waals surface area contributed by atoms with Gasteiger partial charge in [-0.05, 0) is 109 Å². The topological polar surface area (TPSA) is 60.9 Å². The number of sulfonamides is 1. The molecule has 1 amide bonds. The minimum Gasteiger partial charge on any atom is -0.337 e. The molecule has 2 aromatic carbocycles. The summed E-state index contributed by atoms with van der Waals surface area (Å²) in [6, 6.07) is 14.4. The molecule has 3 rings (SSSR count). The van der Waals surface area contributed by atoms with Gasteiger partial charge in [-0.1, -0.05) is 31.2 Å². The lowest BCUT2D eigenvalue weighted by Crippen LogP contribution is -2.42. The lowest BCUT2D eigenvalue weighted by atomic mass is 10.0. The molecule has 2 aromatic rings. The van der Waals surface area contributed by atoms with Gasteiger partial charge in [0.25, 0.3) is 5.91 Å². The van der Waals surface area contributed by atoms with Crippen LogP contribution in [0.25, 0.3) is 11.1 Å². The number of hydrogen-bond donors (Lipinski definition) is 0. The molecule has 7 heteroatoms. The number of benzene rings is 2. The normalized spacial score (nSPS) is 14.6. The number of carbonyl (C=O) groups excluding carboxylic acids is 1. The Labute approximate surface area is 219 Å². The molecular formula is C29H45N3O3S. The first-order chi connectivity index (χ1) is 16.8. The first-order valence-electron chi connectivity index (χ1n) is 13.1. The summed E-state index contributed by atoms with van der Waals surface area (Å²) in [5.41, 5.74) is 1.98. The van der Waals surface area contributed by atoms with Crippen LogP contribution in [0.4, 0.5) is 0 Å². The Morgan fingerprint density at radius 3 is 1.75 bits per heavy atom. The van der Waals surface area contributed by atoms with Crippen molar-refractivity contribution in [3.05, 3.63) is 54.1 Å². The maximum absolute atomic E-state index is 12.8. The van der Waals surface area contributed by atoms with Gasteiger partial charge in [0.2, 0.25) is 10.0 Å². The van der Waals surface area contributed by atoms with E-state index >= 15 is 0 Å². The summed E-state index contributed by atoms with van der Waals surface area (Å²) >= 11 is 0. The molecule has 1 heterocycles. The summed E-state index contributed by atoms with van der Waals surface area (Å²) in [5, 5.41) is 0. The second kappa shape index (κ2) is 12.8. The van der Waals surface area contributed by atoms with Crippen LogP contribution in [0.3, 0.4) is 0 Å². The van der Waals surface area contributed by atoms with Crippen molar-refractivity contribution in [2.24, 2.45) is 0 Å². The van der Waals surface area contributed by atoms with Gasteiger partial charge in [-0.2, -0.15) is 4.31 Å². The van der Waals surface area contributed by atoms with Crippen molar-refractivity contribution in [1.29, 1.82) is 0 Å². The van der Waals surface area contributed by atoms with Crippen LogP contribution >= 0.6 is 0 Å². The summed E-state index contributed by atoms with van der Waals surface area (Å²) in [7, 11) is -1.96. The highest BCUT2D eigenvalue weighted by atomic mass is 32.2. The zero-order valence-corrected chi connectivity index (χ0v) is 24.2. The van der Waals surface area contributed by atoms with Crippen LogP contribution in [0.5, 0.6) is 0 Å². The van der Waals surface area contributed by atoms with E-state index in [2.05, 4.69) is 11.8 Å². The van der Waals surface area contributed by atoms with Gasteiger partial charge in [-0.15, -0.1) is 0 Å². The number of rotatable bonds is 7. The van der Waals surface area contributed by atoms with Crippen LogP contribution in [-0.2, 0) is 10.0 Å². The Morgan fingerprint density at radius 1 is 0.917 bits per heavy atom. The lowest BCUT2D eigenvalue weighted by molar-refractivity contribution is 0.0717. The van der Waals surface area contributed by atoms with Gasteiger partial charge in [0.1, 0.15) is 0 Å². The molecule has 0 atom stereocenters. The minimum absolute atomic E-state index is 0.0145. The molecule has 1 fully saturated rings. The van der Waals surface area contributed by atoms with Crippen LogP contribution in [0.1, 0.15) is 71.7 Å². The van der Waals surface area contributed by atoms with Crippen molar-refractivity contribution in [1.82, 2.24) is 14.1 Å². The highest BCUT2D eigenvalue weighted by Crippen LogP contribution is 2.26. The van der Waals surface area contributed by atoms with Crippen LogP contribution in [0.2, 0.25) is 0 Å². The molecule has 1 aliphatic heterocycles. The molecule has 6 nitrogen and oxygen atoms in total. The Kier molecular flexibility index (Phi) is 10.7. The monoisotopic (exact) mass is 515 g/mol. The number of nitrogens with zero attached hydrogens (tertiary/aromatic N) is 3. The smallest absolute Gasteiger partial charge is 0.254 e. The minimum atomic E-state index is -3.55. The third kappa shape index (κ3) is 7.64. The van der Waals surface area contributed by atoms with Crippen LogP contribution in [0.15, 0.2) is 53.4 Å². The molecule has 0 radical (unpaired) electrons. The van der Waals surface area contributed by atoms with E-state index in [1.165, 1.54) is 36.8 Å². The van der Waals surface area contributed by atoms with Gasteiger partial charge in [0.15, 0.2) is 0 Å². The molecule has 200 valence electrons. The van der Waals surface area contributed by atoms with Crippen molar-refractivity contribution in [2.45, 2.75) is 77.8 Å². The molecule has 0 saturated carbocycles. The second-order valence-corrected chi connectivity index (χ2v) is 12.5. The molecule has 0 aromatic heterocycles. The molecule has 0 unspecified atom stereocenters. The predicted molar refractivity (Wildman–Crippen MR) is 150 cm³/mol. The van der Waals surface area contributed by atoms with Gasteiger partial charge >= 0.3 is 0 Å². The number of carbonyl (C=O) groups is 1.